The first-order valence-corrected chi connectivity index (χ1v) is 4.38. The highest BCUT2D eigenvalue weighted by Gasteiger charge is 2.02. The van der Waals surface area contributed by atoms with Gasteiger partial charge in [0.2, 0.25) is 0 Å². The average molecular weight is 177 g/mol. The van der Waals surface area contributed by atoms with Crippen LogP contribution in [0, 0.1) is 6.42 Å². The Kier molecular flexibility index (Phi) is 3.50. The Hall–Kier alpha value is -1.31. The van der Waals surface area contributed by atoms with Crippen LogP contribution in [-0.2, 0) is 6.42 Å². The Morgan fingerprint density at radius 2 is 2.31 bits per heavy atom. The highest BCUT2D eigenvalue weighted by Crippen LogP contribution is 2.07. The predicted molar refractivity (Wildman–Crippen MR) is 51.7 cm³/mol. The molecule has 0 aliphatic carbocycles. The third-order valence-corrected chi connectivity index (χ3v) is 1.84. The second kappa shape index (κ2) is 4.65. The summed E-state index contributed by atoms with van der Waals surface area (Å²) in [5.74, 6) is -0.863. The van der Waals surface area contributed by atoms with Gasteiger partial charge in [-0.2, -0.15) is 0 Å². The van der Waals surface area contributed by atoms with Crippen molar-refractivity contribution in [1.29, 1.82) is 0 Å². The lowest BCUT2D eigenvalue weighted by molar-refractivity contribution is 0.0697. The molecule has 0 aliphatic rings. The lowest BCUT2D eigenvalue weighted by Crippen LogP contribution is -1.97. The molecule has 0 saturated carbocycles. The van der Waals surface area contributed by atoms with E-state index in [4.69, 9.17) is 5.11 Å². The van der Waals surface area contributed by atoms with E-state index in [0.29, 0.717) is 5.56 Å². The van der Waals surface area contributed by atoms with Gasteiger partial charge < -0.3 is 5.11 Å². The summed E-state index contributed by atoms with van der Waals surface area (Å²) in [4.78, 5) is 10.6. The summed E-state index contributed by atoms with van der Waals surface area (Å²) in [6.07, 6.45) is 3.98. The number of hydrogen-bond acceptors (Lipinski definition) is 1. The molecule has 0 unspecified atom stereocenters. The molecule has 0 amide bonds. The average Bonchev–Trinajstić information content (AvgIpc) is 2.15. The minimum Gasteiger partial charge on any atom is -0.478 e. The van der Waals surface area contributed by atoms with Gasteiger partial charge in [-0.1, -0.05) is 25.5 Å². The molecule has 2 heteroatoms. The molecule has 1 aromatic carbocycles. The van der Waals surface area contributed by atoms with Crippen LogP contribution in [0.2, 0.25) is 0 Å². The normalized spacial score (nSPS) is 9.92. The van der Waals surface area contributed by atoms with Gasteiger partial charge in [0.15, 0.2) is 0 Å². The van der Waals surface area contributed by atoms with E-state index in [1.807, 2.05) is 6.07 Å². The molecule has 0 saturated heterocycles. The Labute approximate surface area is 78.2 Å². The first-order valence-electron chi connectivity index (χ1n) is 4.38. The van der Waals surface area contributed by atoms with Crippen LogP contribution in [0.25, 0.3) is 0 Å². The molecule has 0 bridgehead atoms. The lowest BCUT2D eigenvalue weighted by atomic mass is 10.1. The van der Waals surface area contributed by atoms with E-state index < -0.39 is 5.97 Å². The molecule has 1 rings (SSSR count). The van der Waals surface area contributed by atoms with Crippen molar-refractivity contribution >= 4 is 5.97 Å². The molecule has 1 radical (unpaired) electrons. The van der Waals surface area contributed by atoms with Crippen molar-refractivity contribution in [3.8, 4) is 0 Å². The number of rotatable bonds is 4. The van der Waals surface area contributed by atoms with Crippen LogP contribution in [0.3, 0.4) is 0 Å². The number of carboxylic acids is 1. The van der Waals surface area contributed by atoms with Crippen molar-refractivity contribution in [3.63, 3.8) is 0 Å². The summed E-state index contributed by atoms with van der Waals surface area (Å²) in [6, 6.07) is 7.05. The van der Waals surface area contributed by atoms with E-state index in [0.717, 1.165) is 18.4 Å². The zero-order chi connectivity index (χ0) is 9.68. The van der Waals surface area contributed by atoms with E-state index in [1.165, 1.54) is 0 Å². The summed E-state index contributed by atoms with van der Waals surface area (Å²) in [7, 11) is 0. The maximum atomic E-state index is 10.6. The van der Waals surface area contributed by atoms with Gasteiger partial charge in [-0.15, -0.1) is 0 Å². The monoisotopic (exact) mass is 177 g/mol. The third kappa shape index (κ3) is 2.90. The number of aromatic carboxylic acids is 1. The molecule has 0 fully saturated rings. The number of hydrogen-bond donors (Lipinski definition) is 1. The number of carboxylic acid groups (broad SMARTS) is 1. The van der Waals surface area contributed by atoms with Gasteiger partial charge in [0.1, 0.15) is 0 Å². The largest absolute Gasteiger partial charge is 0.478 e. The lowest BCUT2D eigenvalue weighted by Gasteiger charge is -2.00. The van der Waals surface area contributed by atoms with Gasteiger partial charge in [-0.25, -0.2) is 4.79 Å². The Morgan fingerprint density at radius 3 is 2.92 bits per heavy atom. The minimum absolute atomic E-state index is 0.363. The molecule has 0 aromatic heterocycles. The number of unbranched alkanes of at least 4 members (excludes halogenated alkanes) is 1. The zero-order valence-electron chi connectivity index (χ0n) is 7.66. The van der Waals surface area contributed by atoms with Crippen molar-refractivity contribution in [2.75, 3.05) is 0 Å². The van der Waals surface area contributed by atoms with Crippen LogP contribution < -0.4 is 0 Å². The maximum absolute atomic E-state index is 10.6. The summed E-state index contributed by atoms with van der Waals surface area (Å²) >= 11 is 0. The quantitative estimate of drug-likeness (QED) is 0.767. The first-order chi connectivity index (χ1) is 6.24. The van der Waals surface area contributed by atoms with E-state index in [-0.39, 0.29) is 0 Å². The van der Waals surface area contributed by atoms with Gasteiger partial charge in [0.05, 0.1) is 5.56 Å². The molecule has 0 aliphatic heterocycles. The molecule has 0 spiro atoms. The summed E-state index contributed by atoms with van der Waals surface area (Å²) in [5.41, 5.74) is 1.42. The second-order valence-electron chi connectivity index (χ2n) is 2.91. The van der Waals surface area contributed by atoms with Crippen molar-refractivity contribution in [2.24, 2.45) is 0 Å². The zero-order valence-corrected chi connectivity index (χ0v) is 7.66. The van der Waals surface area contributed by atoms with Crippen LogP contribution in [-0.4, -0.2) is 11.1 Å². The standard InChI is InChI=1S/C11H13O2/c1-2-3-5-9-6-4-7-10(8-9)11(12)13/h3-4,6-8H,2,5H2,1H3,(H,12,13). The molecule has 1 aromatic rings. The number of carbonyl (C=O) groups is 1. The topological polar surface area (TPSA) is 37.3 Å². The fourth-order valence-corrected chi connectivity index (χ4v) is 1.14. The molecule has 1 N–H and O–H groups in total. The smallest absolute Gasteiger partial charge is 0.335 e. The molecule has 0 heterocycles. The second-order valence-corrected chi connectivity index (χ2v) is 2.91. The minimum atomic E-state index is -0.863. The maximum Gasteiger partial charge on any atom is 0.335 e. The van der Waals surface area contributed by atoms with E-state index in [1.54, 1.807) is 18.2 Å². The van der Waals surface area contributed by atoms with Gasteiger partial charge in [-0.3, -0.25) is 0 Å². The molecule has 13 heavy (non-hydrogen) atoms. The highest BCUT2D eigenvalue weighted by molar-refractivity contribution is 5.87. The SMILES string of the molecule is CC[CH]Cc1cccc(C(=O)O)c1. The summed E-state index contributed by atoms with van der Waals surface area (Å²) < 4.78 is 0. The van der Waals surface area contributed by atoms with Crippen molar-refractivity contribution < 1.29 is 9.90 Å². The van der Waals surface area contributed by atoms with Crippen molar-refractivity contribution in [3.05, 3.63) is 41.8 Å². The Morgan fingerprint density at radius 1 is 1.54 bits per heavy atom. The van der Waals surface area contributed by atoms with Gasteiger partial charge in [-0.05, 0) is 30.5 Å². The molecular weight excluding hydrogens is 164 g/mol. The Balaban J connectivity index is 2.73. The van der Waals surface area contributed by atoms with Crippen molar-refractivity contribution in [1.82, 2.24) is 0 Å². The number of benzene rings is 1. The first kappa shape index (κ1) is 9.78. The van der Waals surface area contributed by atoms with Crippen LogP contribution in [0.5, 0.6) is 0 Å². The fraction of sp³-hybridized carbons (Fsp3) is 0.273. The summed E-state index contributed by atoms with van der Waals surface area (Å²) in [6.45, 7) is 2.07. The van der Waals surface area contributed by atoms with Crippen LogP contribution in [0.1, 0.15) is 29.3 Å². The van der Waals surface area contributed by atoms with E-state index in [2.05, 4.69) is 13.3 Å². The molecule has 2 nitrogen and oxygen atoms in total. The van der Waals surface area contributed by atoms with Crippen LogP contribution in [0.4, 0.5) is 0 Å². The van der Waals surface area contributed by atoms with Crippen LogP contribution >= 0.6 is 0 Å². The van der Waals surface area contributed by atoms with Crippen molar-refractivity contribution in [2.45, 2.75) is 19.8 Å². The third-order valence-electron chi connectivity index (χ3n) is 1.84. The van der Waals surface area contributed by atoms with E-state index in [9.17, 15) is 4.79 Å². The Bertz CT molecular complexity index is 292. The molecule has 0 atom stereocenters. The van der Waals surface area contributed by atoms with Gasteiger partial charge >= 0.3 is 5.97 Å². The molecule has 69 valence electrons. The summed E-state index contributed by atoms with van der Waals surface area (Å²) in [5, 5.41) is 8.72. The fourth-order valence-electron chi connectivity index (χ4n) is 1.14. The predicted octanol–water partition coefficient (Wildman–Crippen LogP) is 2.54. The molecular formula is C11H13O2. The van der Waals surface area contributed by atoms with Gasteiger partial charge in [0, 0.05) is 0 Å². The van der Waals surface area contributed by atoms with Gasteiger partial charge in [0.25, 0.3) is 0 Å². The highest BCUT2D eigenvalue weighted by atomic mass is 16.4. The van der Waals surface area contributed by atoms with Crippen LogP contribution in [0.15, 0.2) is 24.3 Å². The van der Waals surface area contributed by atoms with E-state index >= 15 is 0 Å².